The average molecular weight is 305 g/mol. The van der Waals surface area contributed by atoms with Crippen LogP contribution >= 0.6 is 0 Å². The SMILES string of the molecule is CCCCCC#CCC#C[C@H](O)CCCCCCCCCC. The summed E-state index contributed by atoms with van der Waals surface area (Å²) in [7, 11) is 0. The summed E-state index contributed by atoms with van der Waals surface area (Å²) in [6.07, 6.45) is 16.0. The van der Waals surface area contributed by atoms with Gasteiger partial charge in [0.05, 0.1) is 6.42 Å². The van der Waals surface area contributed by atoms with E-state index in [4.69, 9.17) is 0 Å². The maximum Gasteiger partial charge on any atom is 0.114 e. The fourth-order valence-electron chi connectivity index (χ4n) is 2.37. The third-order valence-corrected chi connectivity index (χ3v) is 3.81. The molecule has 0 radical (unpaired) electrons. The van der Waals surface area contributed by atoms with E-state index in [0.717, 1.165) is 19.3 Å². The van der Waals surface area contributed by atoms with Crippen LogP contribution < -0.4 is 0 Å². The van der Waals surface area contributed by atoms with Gasteiger partial charge < -0.3 is 5.11 Å². The van der Waals surface area contributed by atoms with E-state index in [0.29, 0.717) is 6.42 Å². The molecule has 0 aromatic heterocycles. The molecule has 0 rings (SSSR count). The molecule has 0 bridgehead atoms. The molecule has 0 saturated heterocycles. The van der Waals surface area contributed by atoms with Crippen molar-refractivity contribution in [2.75, 3.05) is 0 Å². The molecule has 126 valence electrons. The van der Waals surface area contributed by atoms with Gasteiger partial charge >= 0.3 is 0 Å². The molecule has 0 saturated carbocycles. The zero-order chi connectivity index (χ0) is 16.3. The summed E-state index contributed by atoms with van der Waals surface area (Å²) < 4.78 is 0. The minimum Gasteiger partial charge on any atom is -0.380 e. The van der Waals surface area contributed by atoms with Gasteiger partial charge in [0.25, 0.3) is 0 Å². The summed E-state index contributed by atoms with van der Waals surface area (Å²) in [5.41, 5.74) is 0. The van der Waals surface area contributed by atoms with Crippen molar-refractivity contribution in [2.45, 2.75) is 110 Å². The lowest BCUT2D eigenvalue weighted by molar-refractivity contribution is 0.217. The molecular formula is C21H36O. The first kappa shape index (κ1) is 21.1. The van der Waals surface area contributed by atoms with Crippen molar-refractivity contribution in [3.8, 4) is 23.7 Å². The third-order valence-electron chi connectivity index (χ3n) is 3.81. The molecule has 0 fully saturated rings. The Hall–Kier alpha value is -0.920. The Balaban J connectivity index is 3.42. The fourth-order valence-corrected chi connectivity index (χ4v) is 2.37. The van der Waals surface area contributed by atoms with Crippen LogP contribution in [0.4, 0.5) is 0 Å². The first-order valence-electron chi connectivity index (χ1n) is 9.43. The summed E-state index contributed by atoms with van der Waals surface area (Å²) in [6, 6.07) is 0. The van der Waals surface area contributed by atoms with Crippen LogP contribution in [0.5, 0.6) is 0 Å². The number of rotatable bonds is 12. The molecule has 0 spiro atoms. The molecule has 0 aliphatic heterocycles. The van der Waals surface area contributed by atoms with E-state index in [2.05, 4.69) is 37.5 Å². The summed E-state index contributed by atoms with van der Waals surface area (Å²) in [5, 5.41) is 9.77. The van der Waals surface area contributed by atoms with Gasteiger partial charge in [-0.15, -0.1) is 5.92 Å². The minimum atomic E-state index is -0.456. The zero-order valence-corrected chi connectivity index (χ0v) is 14.9. The third kappa shape index (κ3) is 17.1. The van der Waals surface area contributed by atoms with Crippen molar-refractivity contribution >= 4 is 0 Å². The standard InChI is InChI=1S/C21H36O/c1-3-5-7-9-11-13-15-17-19-21(22)20-18-16-14-12-10-8-6-4-2/h21-22H,3-11,13,15-17,19H2,1-2H3/t21-/m1/s1. The van der Waals surface area contributed by atoms with Crippen molar-refractivity contribution in [3.63, 3.8) is 0 Å². The number of hydrogen-bond donors (Lipinski definition) is 1. The zero-order valence-electron chi connectivity index (χ0n) is 14.9. The molecule has 0 aliphatic carbocycles. The Morgan fingerprint density at radius 1 is 0.682 bits per heavy atom. The van der Waals surface area contributed by atoms with Gasteiger partial charge in [0, 0.05) is 6.42 Å². The lowest BCUT2D eigenvalue weighted by atomic mass is 10.1. The van der Waals surface area contributed by atoms with Crippen LogP contribution in [-0.2, 0) is 0 Å². The Morgan fingerprint density at radius 2 is 1.27 bits per heavy atom. The number of unbranched alkanes of at least 4 members (excludes halogenated alkanes) is 10. The second-order valence-corrected chi connectivity index (χ2v) is 6.09. The smallest absolute Gasteiger partial charge is 0.114 e. The Labute approximate surface area is 139 Å². The Bertz CT molecular complexity index is 336. The first-order chi connectivity index (χ1) is 10.8. The molecule has 1 heteroatoms. The van der Waals surface area contributed by atoms with E-state index in [1.165, 1.54) is 64.2 Å². The predicted molar refractivity (Wildman–Crippen MR) is 97.5 cm³/mol. The number of hydrogen-bond acceptors (Lipinski definition) is 1. The van der Waals surface area contributed by atoms with Gasteiger partial charge in [-0.2, -0.15) is 0 Å². The molecule has 0 unspecified atom stereocenters. The van der Waals surface area contributed by atoms with Crippen molar-refractivity contribution in [2.24, 2.45) is 0 Å². The van der Waals surface area contributed by atoms with Crippen molar-refractivity contribution in [1.29, 1.82) is 0 Å². The molecule has 1 nitrogen and oxygen atoms in total. The fraction of sp³-hybridized carbons (Fsp3) is 0.810. The molecule has 0 aliphatic rings. The number of aliphatic hydroxyl groups excluding tert-OH is 1. The average Bonchev–Trinajstić information content (AvgIpc) is 2.52. The van der Waals surface area contributed by atoms with Crippen LogP contribution in [0.3, 0.4) is 0 Å². The van der Waals surface area contributed by atoms with Gasteiger partial charge in [-0.05, 0) is 19.3 Å². The van der Waals surface area contributed by atoms with Crippen LogP contribution in [-0.4, -0.2) is 11.2 Å². The van der Waals surface area contributed by atoms with Crippen molar-refractivity contribution < 1.29 is 5.11 Å². The van der Waals surface area contributed by atoms with Gasteiger partial charge in [-0.1, -0.05) is 89.4 Å². The highest BCUT2D eigenvalue weighted by Gasteiger charge is 1.98. The monoisotopic (exact) mass is 304 g/mol. The van der Waals surface area contributed by atoms with Gasteiger partial charge in [0.2, 0.25) is 0 Å². The maximum absolute atomic E-state index is 9.77. The normalized spacial score (nSPS) is 11.2. The highest BCUT2D eigenvalue weighted by Crippen LogP contribution is 2.10. The van der Waals surface area contributed by atoms with Gasteiger partial charge in [-0.3, -0.25) is 0 Å². The van der Waals surface area contributed by atoms with Gasteiger partial charge in [0.1, 0.15) is 6.10 Å². The lowest BCUT2D eigenvalue weighted by Gasteiger charge is -2.03. The lowest BCUT2D eigenvalue weighted by Crippen LogP contribution is -2.02. The van der Waals surface area contributed by atoms with Crippen LogP contribution in [0.1, 0.15) is 104 Å². The molecule has 1 atom stereocenters. The molecule has 0 heterocycles. The highest BCUT2D eigenvalue weighted by atomic mass is 16.3. The summed E-state index contributed by atoms with van der Waals surface area (Å²) in [4.78, 5) is 0. The molecular weight excluding hydrogens is 268 g/mol. The van der Waals surface area contributed by atoms with E-state index in [-0.39, 0.29) is 0 Å². The quantitative estimate of drug-likeness (QED) is 0.354. The minimum absolute atomic E-state index is 0.456. The Kier molecular flexibility index (Phi) is 17.4. The topological polar surface area (TPSA) is 20.2 Å². The first-order valence-corrected chi connectivity index (χ1v) is 9.43. The van der Waals surface area contributed by atoms with E-state index in [1.54, 1.807) is 0 Å². The molecule has 0 amide bonds. The summed E-state index contributed by atoms with van der Waals surface area (Å²) >= 11 is 0. The highest BCUT2D eigenvalue weighted by molar-refractivity contribution is 5.13. The van der Waals surface area contributed by atoms with E-state index in [9.17, 15) is 5.11 Å². The second-order valence-electron chi connectivity index (χ2n) is 6.09. The van der Waals surface area contributed by atoms with E-state index < -0.39 is 6.10 Å². The van der Waals surface area contributed by atoms with Crippen molar-refractivity contribution in [3.05, 3.63) is 0 Å². The van der Waals surface area contributed by atoms with E-state index >= 15 is 0 Å². The summed E-state index contributed by atoms with van der Waals surface area (Å²) in [5.74, 6) is 12.1. The van der Waals surface area contributed by atoms with Crippen LogP contribution in [0.2, 0.25) is 0 Å². The van der Waals surface area contributed by atoms with Crippen LogP contribution in [0, 0.1) is 23.7 Å². The molecule has 1 N–H and O–H groups in total. The van der Waals surface area contributed by atoms with Crippen LogP contribution in [0.25, 0.3) is 0 Å². The second kappa shape index (κ2) is 18.1. The number of aliphatic hydroxyl groups is 1. The molecule has 22 heavy (non-hydrogen) atoms. The molecule has 0 aromatic carbocycles. The van der Waals surface area contributed by atoms with Crippen LogP contribution in [0.15, 0.2) is 0 Å². The Morgan fingerprint density at radius 3 is 1.95 bits per heavy atom. The summed E-state index contributed by atoms with van der Waals surface area (Å²) in [6.45, 7) is 4.45. The van der Waals surface area contributed by atoms with Gasteiger partial charge in [-0.25, -0.2) is 0 Å². The van der Waals surface area contributed by atoms with Gasteiger partial charge in [0.15, 0.2) is 0 Å². The van der Waals surface area contributed by atoms with E-state index in [1.807, 2.05) is 0 Å². The van der Waals surface area contributed by atoms with Crippen molar-refractivity contribution in [1.82, 2.24) is 0 Å². The molecule has 0 aromatic rings. The maximum atomic E-state index is 9.77. The predicted octanol–water partition coefficient (Wildman–Crippen LogP) is 5.86. The largest absolute Gasteiger partial charge is 0.380 e.